The second kappa shape index (κ2) is 5.44. The Bertz CT molecular complexity index is 526. The molecular formula is C13H19N3O3. The van der Waals surface area contributed by atoms with Crippen LogP contribution in [0, 0.1) is 5.92 Å². The second-order valence-electron chi connectivity index (χ2n) is 5.10. The fourth-order valence-electron chi connectivity index (χ4n) is 2.19. The van der Waals surface area contributed by atoms with Gasteiger partial charge < -0.3 is 20.3 Å². The van der Waals surface area contributed by atoms with Crippen LogP contribution >= 0.6 is 0 Å². The van der Waals surface area contributed by atoms with Crippen LogP contribution in [0.1, 0.15) is 13.3 Å². The molecule has 0 aliphatic carbocycles. The highest BCUT2D eigenvalue weighted by Gasteiger charge is 2.27. The van der Waals surface area contributed by atoms with Gasteiger partial charge in [0.05, 0.1) is 6.10 Å². The standard InChI is InChI=1S/C13H19N3O3/c1-9-4-5-15(7-11(9)17)13(19)8-16-6-10(14)2-3-12(16)18/h2-3,6,9,11,17H,4-5,7-8,14H2,1H3. The Morgan fingerprint density at radius 1 is 1.53 bits per heavy atom. The average Bonchev–Trinajstić information content (AvgIpc) is 2.37. The number of carbonyl (C=O) groups is 1. The number of anilines is 1. The smallest absolute Gasteiger partial charge is 0.251 e. The number of nitrogen functional groups attached to an aromatic ring is 1. The molecule has 2 rings (SSSR count). The number of pyridine rings is 1. The first-order valence-electron chi connectivity index (χ1n) is 6.39. The van der Waals surface area contributed by atoms with E-state index >= 15 is 0 Å². The summed E-state index contributed by atoms with van der Waals surface area (Å²) in [5.41, 5.74) is 5.79. The zero-order valence-electron chi connectivity index (χ0n) is 11.0. The first-order valence-corrected chi connectivity index (χ1v) is 6.39. The number of likely N-dealkylation sites (tertiary alicyclic amines) is 1. The van der Waals surface area contributed by atoms with Gasteiger partial charge in [0.25, 0.3) is 5.56 Å². The van der Waals surface area contributed by atoms with Crippen LogP contribution in [0.4, 0.5) is 5.69 Å². The Balaban J connectivity index is 2.05. The van der Waals surface area contributed by atoms with Crippen molar-refractivity contribution in [3.05, 3.63) is 28.7 Å². The lowest BCUT2D eigenvalue weighted by molar-refractivity contribution is -0.136. The van der Waals surface area contributed by atoms with Crippen LogP contribution in [0.5, 0.6) is 0 Å². The molecule has 0 saturated carbocycles. The number of aromatic nitrogens is 1. The normalized spacial score (nSPS) is 23.4. The van der Waals surface area contributed by atoms with Crippen LogP contribution in [0.15, 0.2) is 23.1 Å². The van der Waals surface area contributed by atoms with Gasteiger partial charge in [-0.25, -0.2) is 0 Å². The maximum atomic E-state index is 12.1. The molecule has 1 aromatic rings. The van der Waals surface area contributed by atoms with Crippen LogP contribution in [0.3, 0.4) is 0 Å². The minimum absolute atomic E-state index is 0.0367. The van der Waals surface area contributed by atoms with Gasteiger partial charge in [0.1, 0.15) is 6.54 Å². The van der Waals surface area contributed by atoms with Crippen molar-refractivity contribution in [2.75, 3.05) is 18.8 Å². The Hall–Kier alpha value is -1.82. The summed E-state index contributed by atoms with van der Waals surface area (Å²) >= 11 is 0. The Morgan fingerprint density at radius 3 is 2.95 bits per heavy atom. The molecule has 1 fully saturated rings. The van der Waals surface area contributed by atoms with Crippen molar-refractivity contribution < 1.29 is 9.90 Å². The van der Waals surface area contributed by atoms with Crippen molar-refractivity contribution in [1.82, 2.24) is 9.47 Å². The van der Waals surface area contributed by atoms with Crippen molar-refractivity contribution in [2.45, 2.75) is 26.0 Å². The van der Waals surface area contributed by atoms with Gasteiger partial charge in [-0.2, -0.15) is 0 Å². The molecule has 19 heavy (non-hydrogen) atoms. The lowest BCUT2D eigenvalue weighted by atomic mass is 9.96. The summed E-state index contributed by atoms with van der Waals surface area (Å²) in [6.07, 6.45) is 1.75. The van der Waals surface area contributed by atoms with Gasteiger partial charge >= 0.3 is 0 Å². The van der Waals surface area contributed by atoms with E-state index in [-0.39, 0.29) is 23.9 Å². The molecule has 2 unspecified atom stereocenters. The van der Waals surface area contributed by atoms with Crippen molar-refractivity contribution >= 4 is 11.6 Å². The maximum absolute atomic E-state index is 12.1. The van der Waals surface area contributed by atoms with Crippen molar-refractivity contribution in [3.8, 4) is 0 Å². The highest BCUT2D eigenvalue weighted by atomic mass is 16.3. The van der Waals surface area contributed by atoms with Crippen molar-refractivity contribution in [3.63, 3.8) is 0 Å². The molecular weight excluding hydrogens is 246 g/mol. The van der Waals surface area contributed by atoms with Gasteiger partial charge in [0.15, 0.2) is 0 Å². The van der Waals surface area contributed by atoms with E-state index in [0.29, 0.717) is 18.8 Å². The molecule has 1 amide bonds. The number of aliphatic hydroxyl groups excluding tert-OH is 1. The van der Waals surface area contributed by atoms with Crippen LogP contribution in [-0.2, 0) is 11.3 Å². The number of aliphatic hydroxyl groups is 1. The van der Waals surface area contributed by atoms with Gasteiger partial charge in [-0.15, -0.1) is 0 Å². The van der Waals surface area contributed by atoms with Gasteiger partial charge in [-0.1, -0.05) is 6.92 Å². The van der Waals surface area contributed by atoms with Gasteiger partial charge in [-0.3, -0.25) is 9.59 Å². The lowest BCUT2D eigenvalue weighted by Gasteiger charge is -2.34. The third kappa shape index (κ3) is 3.14. The minimum Gasteiger partial charge on any atom is -0.398 e. The lowest BCUT2D eigenvalue weighted by Crippen LogP contribution is -2.47. The number of nitrogens with two attached hydrogens (primary N) is 1. The maximum Gasteiger partial charge on any atom is 0.251 e. The molecule has 0 radical (unpaired) electrons. The molecule has 2 heterocycles. The van der Waals surface area contributed by atoms with E-state index < -0.39 is 6.10 Å². The molecule has 104 valence electrons. The van der Waals surface area contributed by atoms with Gasteiger partial charge in [0, 0.05) is 31.0 Å². The third-order valence-electron chi connectivity index (χ3n) is 3.58. The molecule has 0 spiro atoms. The van der Waals surface area contributed by atoms with E-state index in [0.717, 1.165) is 6.42 Å². The number of amides is 1. The van der Waals surface area contributed by atoms with Crippen LogP contribution in [-0.4, -0.2) is 39.7 Å². The Kier molecular flexibility index (Phi) is 3.90. The average molecular weight is 265 g/mol. The highest BCUT2D eigenvalue weighted by molar-refractivity contribution is 5.76. The van der Waals surface area contributed by atoms with Crippen LogP contribution < -0.4 is 11.3 Å². The number of β-amino-alcohol motifs (C(OH)–C–C–N with tert-alkyl or cyclic N) is 1. The number of piperidine rings is 1. The summed E-state index contributed by atoms with van der Waals surface area (Å²) in [4.78, 5) is 25.3. The molecule has 1 aromatic heterocycles. The number of hydrogen-bond acceptors (Lipinski definition) is 4. The van der Waals surface area contributed by atoms with Gasteiger partial charge in [-0.05, 0) is 18.4 Å². The monoisotopic (exact) mass is 265 g/mol. The molecule has 0 bridgehead atoms. The first kappa shape index (κ1) is 13.6. The largest absolute Gasteiger partial charge is 0.398 e. The Labute approximate surface area is 111 Å². The third-order valence-corrected chi connectivity index (χ3v) is 3.58. The van der Waals surface area contributed by atoms with E-state index in [1.54, 1.807) is 4.90 Å². The summed E-state index contributed by atoms with van der Waals surface area (Å²) in [5.74, 6) is 0.0396. The van der Waals surface area contributed by atoms with Crippen molar-refractivity contribution in [1.29, 1.82) is 0 Å². The van der Waals surface area contributed by atoms with E-state index in [1.165, 1.54) is 22.9 Å². The predicted molar refractivity (Wildman–Crippen MR) is 71.5 cm³/mol. The summed E-state index contributed by atoms with van der Waals surface area (Å²) in [6, 6.07) is 2.85. The predicted octanol–water partition coefficient (Wildman–Crippen LogP) is -0.340. The summed E-state index contributed by atoms with van der Waals surface area (Å²) in [5, 5.41) is 9.78. The fourth-order valence-corrected chi connectivity index (χ4v) is 2.19. The number of rotatable bonds is 2. The number of hydrogen-bond donors (Lipinski definition) is 2. The number of carbonyl (C=O) groups excluding carboxylic acids is 1. The van der Waals surface area contributed by atoms with E-state index in [1.807, 2.05) is 6.92 Å². The van der Waals surface area contributed by atoms with Gasteiger partial charge in [0.2, 0.25) is 5.91 Å². The van der Waals surface area contributed by atoms with Crippen molar-refractivity contribution in [2.24, 2.45) is 5.92 Å². The summed E-state index contributed by atoms with van der Waals surface area (Å²) < 4.78 is 1.29. The minimum atomic E-state index is -0.490. The number of nitrogens with zero attached hydrogens (tertiary/aromatic N) is 2. The molecule has 3 N–H and O–H groups in total. The highest BCUT2D eigenvalue weighted by Crippen LogP contribution is 2.17. The molecule has 6 heteroatoms. The van der Waals surface area contributed by atoms with Crippen LogP contribution in [0.25, 0.3) is 0 Å². The summed E-state index contributed by atoms with van der Waals surface area (Å²) in [6.45, 7) is 2.88. The molecule has 2 atom stereocenters. The van der Waals surface area contributed by atoms with Crippen LogP contribution in [0.2, 0.25) is 0 Å². The quantitative estimate of drug-likeness (QED) is 0.765. The zero-order chi connectivity index (χ0) is 14.0. The molecule has 1 aliphatic rings. The van der Waals surface area contributed by atoms with E-state index in [2.05, 4.69) is 0 Å². The molecule has 1 saturated heterocycles. The second-order valence-corrected chi connectivity index (χ2v) is 5.10. The summed E-state index contributed by atoms with van der Waals surface area (Å²) in [7, 11) is 0. The molecule has 6 nitrogen and oxygen atoms in total. The SMILES string of the molecule is CC1CCN(C(=O)Cn2cc(N)ccc2=O)CC1O. The zero-order valence-corrected chi connectivity index (χ0v) is 11.0. The van der Waals surface area contributed by atoms with E-state index in [9.17, 15) is 14.7 Å². The molecule has 0 aromatic carbocycles. The Morgan fingerprint density at radius 2 is 2.26 bits per heavy atom. The van der Waals surface area contributed by atoms with E-state index in [4.69, 9.17) is 5.73 Å². The topological polar surface area (TPSA) is 88.6 Å². The molecule has 1 aliphatic heterocycles. The fraction of sp³-hybridized carbons (Fsp3) is 0.538. The first-order chi connectivity index (χ1) is 8.97.